The van der Waals surface area contributed by atoms with Crippen LogP contribution in [0.25, 0.3) is 21.8 Å². The highest BCUT2D eigenvalue weighted by Crippen LogP contribution is 2.28. The Kier molecular flexibility index (Phi) is 4.69. The zero-order chi connectivity index (χ0) is 16.3. The Morgan fingerprint density at radius 3 is 2.04 bits per heavy atom. The fraction of sp³-hybridized carbons (Fsp3) is 0.400. The average Bonchev–Trinajstić information content (AvgIpc) is 2.89. The number of aromatic nitrogens is 1. The number of nitrogens with one attached hydrogen (secondary N) is 1. The maximum absolute atomic E-state index is 9.27. The highest BCUT2D eigenvalue weighted by molar-refractivity contribution is 6.07. The van der Waals surface area contributed by atoms with E-state index < -0.39 is 0 Å². The van der Waals surface area contributed by atoms with Gasteiger partial charge in [-0.05, 0) is 45.4 Å². The molecule has 2 aromatic carbocycles. The van der Waals surface area contributed by atoms with E-state index in [2.05, 4.69) is 58.4 Å². The molecule has 0 spiro atoms. The minimum absolute atomic E-state index is 0.167. The van der Waals surface area contributed by atoms with Crippen LogP contribution in [0.15, 0.2) is 48.5 Å². The van der Waals surface area contributed by atoms with Crippen LogP contribution < -0.4 is 5.32 Å². The summed E-state index contributed by atoms with van der Waals surface area (Å²) >= 11 is 0. The minimum Gasteiger partial charge on any atom is -0.394 e. The van der Waals surface area contributed by atoms with Crippen molar-refractivity contribution in [3.8, 4) is 0 Å². The maximum atomic E-state index is 9.27. The Morgan fingerprint density at radius 1 is 0.913 bits per heavy atom. The molecule has 1 heterocycles. The summed E-state index contributed by atoms with van der Waals surface area (Å²) in [6, 6.07) is 17.3. The SMILES string of the molecule is CC(C)(CO)NCCCCn1c2ccccc2c2ccccc21. The smallest absolute Gasteiger partial charge is 0.0607 e. The van der Waals surface area contributed by atoms with Crippen molar-refractivity contribution in [1.29, 1.82) is 0 Å². The Balaban J connectivity index is 1.72. The van der Waals surface area contributed by atoms with Crippen LogP contribution in [0.4, 0.5) is 0 Å². The van der Waals surface area contributed by atoms with Gasteiger partial charge >= 0.3 is 0 Å². The number of unbranched alkanes of at least 4 members (excludes halogenated alkanes) is 1. The molecule has 122 valence electrons. The predicted molar refractivity (Wildman–Crippen MR) is 97.8 cm³/mol. The van der Waals surface area contributed by atoms with Crippen LogP contribution >= 0.6 is 0 Å². The summed E-state index contributed by atoms with van der Waals surface area (Å²) in [4.78, 5) is 0. The zero-order valence-electron chi connectivity index (χ0n) is 14.0. The zero-order valence-corrected chi connectivity index (χ0v) is 14.0. The molecule has 0 saturated carbocycles. The van der Waals surface area contributed by atoms with Crippen LogP contribution in [0.2, 0.25) is 0 Å². The van der Waals surface area contributed by atoms with Gasteiger partial charge in [0.25, 0.3) is 0 Å². The number of para-hydroxylation sites is 2. The monoisotopic (exact) mass is 310 g/mol. The van der Waals surface area contributed by atoms with Gasteiger partial charge in [0.1, 0.15) is 0 Å². The number of hydrogen-bond acceptors (Lipinski definition) is 2. The van der Waals surface area contributed by atoms with Gasteiger partial charge in [-0.2, -0.15) is 0 Å². The predicted octanol–water partition coefficient (Wildman–Crippen LogP) is 3.94. The molecule has 0 aliphatic carbocycles. The lowest BCUT2D eigenvalue weighted by Gasteiger charge is -2.23. The van der Waals surface area contributed by atoms with E-state index in [-0.39, 0.29) is 12.1 Å². The number of aliphatic hydroxyl groups excluding tert-OH is 1. The van der Waals surface area contributed by atoms with Crippen molar-refractivity contribution in [2.45, 2.75) is 38.8 Å². The first kappa shape index (κ1) is 16.0. The summed E-state index contributed by atoms with van der Waals surface area (Å²) < 4.78 is 2.43. The Bertz CT molecular complexity index is 735. The number of nitrogens with zero attached hydrogens (tertiary/aromatic N) is 1. The number of fused-ring (bicyclic) bond motifs is 3. The van der Waals surface area contributed by atoms with Crippen molar-refractivity contribution >= 4 is 21.8 Å². The molecule has 0 amide bonds. The molecule has 0 unspecified atom stereocenters. The summed E-state index contributed by atoms with van der Waals surface area (Å²) in [5.41, 5.74) is 2.45. The van der Waals surface area contributed by atoms with E-state index in [1.807, 2.05) is 13.8 Å². The lowest BCUT2D eigenvalue weighted by molar-refractivity contribution is 0.188. The topological polar surface area (TPSA) is 37.2 Å². The van der Waals surface area contributed by atoms with Crippen molar-refractivity contribution in [2.24, 2.45) is 0 Å². The van der Waals surface area contributed by atoms with E-state index in [0.717, 1.165) is 25.9 Å². The third-order valence-electron chi connectivity index (χ3n) is 4.49. The molecule has 0 aliphatic rings. The maximum Gasteiger partial charge on any atom is 0.0607 e. The van der Waals surface area contributed by atoms with Crippen LogP contribution in [0.5, 0.6) is 0 Å². The molecule has 0 aliphatic heterocycles. The molecular weight excluding hydrogens is 284 g/mol. The van der Waals surface area contributed by atoms with E-state index in [4.69, 9.17) is 0 Å². The normalized spacial score (nSPS) is 12.3. The summed E-state index contributed by atoms with van der Waals surface area (Å²) in [6.07, 6.45) is 2.22. The van der Waals surface area contributed by atoms with Crippen LogP contribution in [0.1, 0.15) is 26.7 Å². The largest absolute Gasteiger partial charge is 0.394 e. The summed E-state index contributed by atoms with van der Waals surface area (Å²) in [5, 5.41) is 15.3. The molecule has 0 saturated heterocycles. The second-order valence-corrected chi connectivity index (χ2v) is 6.86. The van der Waals surface area contributed by atoms with Gasteiger partial charge in [0, 0.05) is 33.9 Å². The molecule has 3 aromatic rings. The fourth-order valence-corrected chi connectivity index (χ4v) is 3.12. The van der Waals surface area contributed by atoms with E-state index in [0.29, 0.717) is 0 Å². The fourth-order valence-electron chi connectivity index (χ4n) is 3.12. The van der Waals surface area contributed by atoms with Crippen LogP contribution in [-0.2, 0) is 6.54 Å². The average molecular weight is 310 g/mol. The molecule has 23 heavy (non-hydrogen) atoms. The first-order chi connectivity index (χ1) is 11.1. The number of hydrogen-bond donors (Lipinski definition) is 2. The molecule has 0 fully saturated rings. The first-order valence-corrected chi connectivity index (χ1v) is 8.44. The van der Waals surface area contributed by atoms with E-state index >= 15 is 0 Å². The Hall–Kier alpha value is -1.84. The van der Waals surface area contributed by atoms with E-state index in [1.165, 1.54) is 21.8 Å². The van der Waals surface area contributed by atoms with Crippen LogP contribution in [-0.4, -0.2) is 28.4 Å². The molecule has 0 bridgehead atoms. The van der Waals surface area contributed by atoms with E-state index in [9.17, 15) is 5.11 Å². The van der Waals surface area contributed by atoms with Gasteiger partial charge in [0.15, 0.2) is 0 Å². The van der Waals surface area contributed by atoms with Gasteiger partial charge in [-0.1, -0.05) is 36.4 Å². The highest BCUT2D eigenvalue weighted by Gasteiger charge is 2.14. The minimum atomic E-state index is -0.188. The highest BCUT2D eigenvalue weighted by atomic mass is 16.3. The van der Waals surface area contributed by atoms with Gasteiger partial charge in [0.05, 0.1) is 6.61 Å². The Morgan fingerprint density at radius 2 is 1.48 bits per heavy atom. The Labute approximate surface area is 137 Å². The van der Waals surface area contributed by atoms with Crippen molar-refractivity contribution in [2.75, 3.05) is 13.2 Å². The quantitative estimate of drug-likeness (QED) is 0.649. The third kappa shape index (κ3) is 3.41. The molecule has 0 radical (unpaired) electrons. The number of aryl methyl sites for hydroxylation is 1. The van der Waals surface area contributed by atoms with Gasteiger partial charge in [0.2, 0.25) is 0 Å². The molecule has 3 rings (SSSR count). The second-order valence-electron chi connectivity index (χ2n) is 6.86. The number of aliphatic hydroxyl groups is 1. The lowest BCUT2D eigenvalue weighted by atomic mass is 10.1. The molecule has 0 atom stereocenters. The van der Waals surface area contributed by atoms with Gasteiger partial charge in [-0.15, -0.1) is 0 Å². The summed E-state index contributed by atoms with van der Waals surface area (Å²) in [7, 11) is 0. The number of rotatable bonds is 7. The van der Waals surface area contributed by atoms with Gasteiger partial charge in [-0.25, -0.2) is 0 Å². The first-order valence-electron chi connectivity index (χ1n) is 8.44. The van der Waals surface area contributed by atoms with Crippen molar-refractivity contribution in [1.82, 2.24) is 9.88 Å². The summed E-state index contributed by atoms with van der Waals surface area (Å²) in [6.45, 7) is 6.18. The lowest BCUT2D eigenvalue weighted by Crippen LogP contribution is -2.43. The molecule has 1 aromatic heterocycles. The molecule has 3 heteroatoms. The van der Waals surface area contributed by atoms with Crippen molar-refractivity contribution in [3.05, 3.63) is 48.5 Å². The van der Waals surface area contributed by atoms with E-state index in [1.54, 1.807) is 0 Å². The molecule has 3 nitrogen and oxygen atoms in total. The van der Waals surface area contributed by atoms with Crippen LogP contribution in [0, 0.1) is 0 Å². The number of benzene rings is 2. The van der Waals surface area contributed by atoms with Crippen molar-refractivity contribution < 1.29 is 5.11 Å². The third-order valence-corrected chi connectivity index (χ3v) is 4.49. The van der Waals surface area contributed by atoms with Gasteiger partial charge < -0.3 is 15.0 Å². The summed E-state index contributed by atoms with van der Waals surface area (Å²) in [5.74, 6) is 0. The second kappa shape index (κ2) is 6.73. The van der Waals surface area contributed by atoms with Gasteiger partial charge in [-0.3, -0.25) is 0 Å². The molecular formula is C20H26N2O. The molecule has 2 N–H and O–H groups in total. The van der Waals surface area contributed by atoms with Crippen LogP contribution in [0.3, 0.4) is 0 Å². The van der Waals surface area contributed by atoms with Crippen molar-refractivity contribution in [3.63, 3.8) is 0 Å². The standard InChI is InChI=1S/C20H26N2O/c1-20(2,15-23)21-13-7-8-14-22-18-11-5-3-9-16(18)17-10-4-6-12-19(17)22/h3-6,9-12,21,23H,7-8,13-15H2,1-2H3.